The van der Waals surface area contributed by atoms with Gasteiger partial charge in [-0.15, -0.1) is 5.10 Å². The third-order valence-electron chi connectivity index (χ3n) is 2.51. The molecular weight excluding hydrogens is 206 g/mol. The maximum absolute atomic E-state index is 10.8. The Hall–Kier alpha value is -1.65. The summed E-state index contributed by atoms with van der Waals surface area (Å²) in [5.41, 5.74) is 0.822. The number of carbonyl (C=O) groups is 1. The van der Waals surface area contributed by atoms with Crippen molar-refractivity contribution in [3.63, 3.8) is 0 Å². The van der Waals surface area contributed by atoms with Crippen molar-refractivity contribution in [2.24, 2.45) is 0 Å². The van der Waals surface area contributed by atoms with Gasteiger partial charge in [-0.05, 0) is 32.4 Å². The molecule has 1 N–H and O–H groups in total. The van der Waals surface area contributed by atoms with Gasteiger partial charge < -0.3 is 10.0 Å². The van der Waals surface area contributed by atoms with Crippen LogP contribution in [0.15, 0.2) is 12.1 Å². The zero-order valence-corrected chi connectivity index (χ0v) is 9.84. The zero-order chi connectivity index (χ0) is 12.1. The molecule has 16 heavy (non-hydrogen) atoms. The highest BCUT2D eigenvalue weighted by Crippen LogP contribution is 2.14. The van der Waals surface area contributed by atoms with Crippen LogP contribution in [0.2, 0.25) is 0 Å². The van der Waals surface area contributed by atoms with E-state index in [-0.39, 0.29) is 12.6 Å². The molecule has 1 unspecified atom stereocenters. The van der Waals surface area contributed by atoms with Crippen LogP contribution in [0.1, 0.15) is 26.0 Å². The first-order chi connectivity index (χ1) is 7.54. The number of carboxylic acid groups (broad SMARTS) is 1. The summed E-state index contributed by atoms with van der Waals surface area (Å²) in [6.07, 6.45) is 0.864. The molecule has 0 fully saturated rings. The van der Waals surface area contributed by atoms with Crippen molar-refractivity contribution in [1.82, 2.24) is 10.2 Å². The molecule has 0 radical (unpaired) electrons. The Morgan fingerprint density at radius 2 is 2.19 bits per heavy atom. The molecule has 1 heterocycles. The van der Waals surface area contributed by atoms with Crippen LogP contribution in [0.25, 0.3) is 0 Å². The Morgan fingerprint density at radius 3 is 2.62 bits per heavy atom. The standard InChI is InChI=1S/C11H17N3O2/c1-4-9(3)14(7-11(15)16)10-6-5-8(2)12-13-10/h5-6,9H,4,7H2,1-3H3,(H,15,16). The number of hydrogen-bond donors (Lipinski definition) is 1. The van der Waals surface area contributed by atoms with Crippen LogP contribution in [-0.4, -0.2) is 33.9 Å². The van der Waals surface area contributed by atoms with Gasteiger partial charge in [0.05, 0.1) is 5.69 Å². The minimum atomic E-state index is -0.859. The van der Waals surface area contributed by atoms with Gasteiger partial charge in [-0.1, -0.05) is 6.92 Å². The lowest BCUT2D eigenvalue weighted by Crippen LogP contribution is -2.37. The highest BCUT2D eigenvalue weighted by atomic mass is 16.4. The number of hydrogen-bond acceptors (Lipinski definition) is 4. The molecule has 0 aromatic carbocycles. The summed E-state index contributed by atoms with van der Waals surface area (Å²) in [5.74, 6) is -0.245. The molecule has 88 valence electrons. The molecule has 0 aliphatic heterocycles. The number of aryl methyl sites for hydroxylation is 1. The molecular formula is C11H17N3O2. The highest BCUT2D eigenvalue weighted by molar-refractivity contribution is 5.73. The first kappa shape index (κ1) is 12.4. The summed E-state index contributed by atoms with van der Waals surface area (Å²) >= 11 is 0. The Morgan fingerprint density at radius 1 is 1.50 bits per heavy atom. The maximum atomic E-state index is 10.8. The fraction of sp³-hybridized carbons (Fsp3) is 0.545. The van der Waals surface area contributed by atoms with Gasteiger partial charge in [0, 0.05) is 6.04 Å². The topological polar surface area (TPSA) is 66.3 Å². The van der Waals surface area contributed by atoms with E-state index < -0.39 is 5.97 Å². The van der Waals surface area contributed by atoms with Gasteiger partial charge >= 0.3 is 5.97 Å². The van der Waals surface area contributed by atoms with Crippen LogP contribution in [0.3, 0.4) is 0 Å². The molecule has 1 rings (SSSR count). The smallest absolute Gasteiger partial charge is 0.323 e. The molecule has 0 amide bonds. The van der Waals surface area contributed by atoms with Gasteiger partial charge in [0.1, 0.15) is 6.54 Å². The Balaban J connectivity index is 2.91. The number of aromatic nitrogens is 2. The average Bonchev–Trinajstić information content (AvgIpc) is 2.26. The summed E-state index contributed by atoms with van der Waals surface area (Å²) < 4.78 is 0. The Bertz CT molecular complexity index is 351. The SMILES string of the molecule is CCC(C)N(CC(=O)O)c1ccc(C)nn1. The second kappa shape index (κ2) is 5.44. The predicted molar refractivity (Wildman–Crippen MR) is 61.5 cm³/mol. The molecule has 0 aliphatic carbocycles. The number of rotatable bonds is 5. The highest BCUT2D eigenvalue weighted by Gasteiger charge is 2.17. The Kier molecular flexibility index (Phi) is 4.22. The second-order valence-corrected chi connectivity index (χ2v) is 3.81. The van der Waals surface area contributed by atoms with Crippen LogP contribution < -0.4 is 4.90 Å². The van der Waals surface area contributed by atoms with E-state index in [1.807, 2.05) is 26.8 Å². The van der Waals surface area contributed by atoms with Gasteiger partial charge in [-0.25, -0.2) is 0 Å². The van der Waals surface area contributed by atoms with Gasteiger partial charge in [-0.2, -0.15) is 5.10 Å². The van der Waals surface area contributed by atoms with Crippen molar-refractivity contribution in [2.75, 3.05) is 11.4 Å². The van der Waals surface area contributed by atoms with E-state index in [0.29, 0.717) is 5.82 Å². The third kappa shape index (κ3) is 3.18. The van der Waals surface area contributed by atoms with E-state index in [1.54, 1.807) is 11.0 Å². The van der Waals surface area contributed by atoms with Crippen molar-refractivity contribution >= 4 is 11.8 Å². The summed E-state index contributed by atoms with van der Waals surface area (Å²) in [6, 6.07) is 3.77. The molecule has 1 aromatic rings. The lowest BCUT2D eigenvalue weighted by atomic mass is 10.2. The van der Waals surface area contributed by atoms with Crippen molar-refractivity contribution in [3.05, 3.63) is 17.8 Å². The molecule has 5 nitrogen and oxygen atoms in total. The minimum absolute atomic E-state index is 0.0489. The van der Waals surface area contributed by atoms with Gasteiger partial charge in [-0.3, -0.25) is 4.79 Å². The van der Waals surface area contributed by atoms with E-state index in [2.05, 4.69) is 10.2 Å². The third-order valence-corrected chi connectivity index (χ3v) is 2.51. The van der Waals surface area contributed by atoms with Crippen molar-refractivity contribution in [2.45, 2.75) is 33.2 Å². The van der Waals surface area contributed by atoms with E-state index >= 15 is 0 Å². The lowest BCUT2D eigenvalue weighted by Gasteiger charge is -2.27. The summed E-state index contributed by atoms with van der Waals surface area (Å²) in [7, 11) is 0. The first-order valence-electron chi connectivity index (χ1n) is 5.33. The fourth-order valence-corrected chi connectivity index (χ4v) is 1.37. The largest absolute Gasteiger partial charge is 0.480 e. The summed E-state index contributed by atoms with van der Waals surface area (Å²) in [4.78, 5) is 12.5. The molecule has 0 saturated heterocycles. The number of carboxylic acids is 1. The average molecular weight is 223 g/mol. The zero-order valence-electron chi connectivity index (χ0n) is 9.84. The lowest BCUT2D eigenvalue weighted by molar-refractivity contribution is -0.135. The minimum Gasteiger partial charge on any atom is -0.480 e. The molecule has 1 aromatic heterocycles. The number of anilines is 1. The molecule has 1 atom stereocenters. The number of aliphatic carboxylic acids is 1. The quantitative estimate of drug-likeness (QED) is 0.818. The Labute approximate surface area is 95.1 Å². The summed E-state index contributed by atoms with van der Waals surface area (Å²) in [5, 5.41) is 16.8. The van der Waals surface area contributed by atoms with Crippen molar-refractivity contribution < 1.29 is 9.90 Å². The van der Waals surface area contributed by atoms with Crippen LogP contribution in [0.5, 0.6) is 0 Å². The molecule has 0 saturated carbocycles. The van der Waals surface area contributed by atoms with Crippen molar-refractivity contribution in [1.29, 1.82) is 0 Å². The van der Waals surface area contributed by atoms with Crippen LogP contribution in [-0.2, 0) is 4.79 Å². The number of nitrogens with zero attached hydrogens (tertiary/aromatic N) is 3. The normalized spacial score (nSPS) is 12.2. The van der Waals surface area contributed by atoms with Crippen LogP contribution in [0.4, 0.5) is 5.82 Å². The van der Waals surface area contributed by atoms with Gasteiger partial charge in [0.2, 0.25) is 0 Å². The molecule has 5 heteroatoms. The second-order valence-electron chi connectivity index (χ2n) is 3.81. The maximum Gasteiger partial charge on any atom is 0.323 e. The van der Waals surface area contributed by atoms with Crippen LogP contribution >= 0.6 is 0 Å². The molecule has 0 aliphatic rings. The fourth-order valence-electron chi connectivity index (χ4n) is 1.37. The van der Waals surface area contributed by atoms with Crippen molar-refractivity contribution in [3.8, 4) is 0 Å². The monoisotopic (exact) mass is 223 g/mol. The van der Waals surface area contributed by atoms with Gasteiger partial charge in [0.25, 0.3) is 0 Å². The molecule has 0 bridgehead atoms. The van der Waals surface area contributed by atoms with Gasteiger partial charge in [0.15, 0.2) is 5.82 Å². The van der Waals surface area contributed by atoms with E-state index in [9.17, 15) is 4.79 Å². The first-order valence-corrected chi connectivity index (χ1v) is 5.33. The predicted octanol–water partition coefficient (Wildman–Crippen LogP) is 1.47. The van der Waals surface area contributed by atoms with Crippen LogP contribution in [0, 0.1) is 6.92 Å². The van der Waals surface area contributed by atoms with E-state index in [4.69, 9.17) is 5.11 Å². The summed E-state index contributed by atoms with van der Waals surface area (Å²) in [6.45, 7) is 5.79. The van der Waals surface area contributed by atoms with E-state index in [0.717, 1.165) is 12.1 Å². The molecule has 0 spiro atoms. The van der Waals surface area contributed by atoms with E-state index in [1.165, 1.54) is 0 Å².